The molecule has 1 saturated heterocycles. The molecular formula is C52H58N4O7. The number of carbonyl (C=O) groups is 3. The lowest BCUT2D eigenvalue weighted by molar-refractivity contribution is -0.118. The highest BCUT2D eigenvalue weighted by molar-refractivity contribution is 6.00. The van der Waals surface area contributed by atoms with E-state index >= 15 is 0 Å². The van der Waals surface area contributed by atoms with Gasteiger partial charge in [-0.1, -0.05) is 105 Å². The monoisotopic (exact) mass is 850 g/mol. The third-order valence-corrected chi connectivity index (χ3v) is 11.8. The Morgan fingerprint density at radius 3 is 2.38 bits per heavy atom. The summed E-state index contributed by atoms with van der Waals surface area (Å²) in [5.74, 6) is 0.122. The number of piperidine rings is 1. The molecule has 11 heteroatoms. The Labute approximate surface area is 369 Å². The average molecular weight is 851 g/mol. The second kappa shape index (κ2) is 21.5. The van der Waals surface area contributed by atoms with Gasteiger partial charge >= 0.3 is 6.09 Å². The number of H-pyrrole nitrogens is 1. The molecule has 1 aliphatic rings. The molecule has 6 aromatic rings. The van der Waals surface area contributed by atoms with Crippen LogP contribution in [-0.2, 0) is 22.4 Å². The Kier molecular flexibility index (Phi) is 15.7. The van der Waals surface area contributed by atoms with Gasteiger partial charge in [-0.25, -0.2) is 4.79 Å². The van der Waals surface area contributed by atoms with Crippen molar-refractivity contribution in [1.82, 2.24) is 9.88 Å². The summed E-state index contributed by atoms with van der Waals surface area (Å²) in [4.78, 5) is 58.0. The van der Waals surface area contributed by atoms with E-state index in [1.807, 2.05) is 72.8 Å². The fourth-order valence-electron chi connectivity index (χ4n) is 8.26. The number of aromatic amines is 1. The number of amides is 2. The number of hydrogen-bond acceptors (Lipinski definition) is 8. The molecule has 2 heterocycles. The zero-order chi connectivity index (χ0) is 43.6. The highest BCUT2D eigenvalue weighted by atomic mass is 16.6. The van der Waals surface area contributed by atoms with Gasteiger partial charge in [0.2, 0.25) is 11.5 Å². The summed E-state index contributed by atoms with van der Waals surface area (Å²) in [7, 11) is 1.74. The molecule has 2 amide bonds. The molecule has 1 aliphatic heterocycles. The van der Waals surface area contributed by atoms with Gasteiger partial charge in [-0.3, -0.25) is 19.7 Å². The highest BCUT2D eigenvalue weighted by Crippen LogP contribution is 2.32. The van der Waals surface area contributed by atoms with Crippen LogP contribution in [0.3, 0.4) is 0 Å². The molecular weight excluding hydrogens is 793 g/mol. The van der Waals surface area contributed by atoms with Gasteiger partial charge in [-0.15, -0.1) is 0 Å². The molecule has 0 aliphatic carbocycles. The number of hydrogen-bond donors (Lipinski definition) is 4. The average Bonchev–Trinajstić information content (AvgIpc) is 3.28. The van der Waals surface area contributed by atoms with Crippen molar-refractivity contribution in [3.63, 3.8) is 0 Å². The van der Waals surface area contributed by atoms with Crippen molar-refractivity contribution < 1.29 is 29.3 Å². The minimum absolute atomic E-state index is 0. The fourth-order valence-corrected chi connectivity index (χ4v) is 8.26. The fraction of sp³-hybridized carbons (Fsp3) is 0.308. The quantitative estimate of drug-likeness (QED) is 0.0703. The Hall–Kier alpha value is -6.56. The van der Waals surface area contributed by atoms with Crippen LogP contribution in [0, 0.1) is 5.92 Å². The summed E-state index contributed by atoms with van der Waals surface area (Å²) in [6.45, 7) is 4.15. The van der Waals surface area contributed by atoms with Gasteiger partial charge in [0.05, 0.1) is 17.3 Å². The van der Waals surface area contributed by atoms with Crippen molar-refractivity contribution in [3.8, 4) is 16.9 Å². The van der Waals surface area contributed by atoms with Gasteiger partial charge in [0.15, 0.2) is 5.78 Å². The van der Waals surface area contributed by atoms with Crippen LogP contribution in [0.4, 0.5) is 16.2 Å². The smallest absolute Gasteiger partial charge is 0.411 e. The Bertz CT molecular complexity index is 2570. The van der Waals surface area contributed by atoms with E-state index in [0.717, 1.165) is 35.1 Å². The third kappa shape index (κ3) is 12.1. The minimum atomic E-state index is -0.762. The molecule has 2 atom stereocenters. The van der Waals surface area contributed by atoms with Crippen LogP contribution in [0.25, 0.3) is 22.0 Å². The van der Waals surface area contributed by atoms with Gasteiger partial charge in [0.25, 0.3) is 0 Å². The molecule has 1 aromatic heterocycles. The van der Waals surface area contributed by atoms with Crippen LogP contribution in [0.1, 0.15) is 79.6 Å². The lowest BCUT2D eigenvalue weighted by Crippen LogP contribution is -2.40. The van der Waals surface area contributed by atoms with E-state index in [-0.39, 0.29) is 48.9 Å². The van der Waals surface area contributed by atoms with E-state index in [2.05, 4.69) is 34.3 Å². The van der Waals surface area contributed by atoms with E-state index in [4.69, 9.17) is 4.74 Å². The molecule has 1 fully saturated rings. The number of anilines is 2. The Morgan fingerprint density at radius 2 is 1.59 bits per heavy atom. The molecule has 0 spiro atoms. The van der Waals surface area contributed by atoms with E-state index in [1.165, 1.54) is 12.1 Å². The maximum absolute atomic E-state index is 13.5. The minimum Gasteiger partial charge on any atom is -0.506 e. The normalized spacial score (nSPS) is 14.0. The molecule has 7 rings (SSSR count). The molecule has 4 N–H and O–H groups in total. The van der Waals surface area contributed by atoms with E-state index in [1.54, 1.807) is 42.3 Å². The first kappa shape index (κ1) is 46.0. The van der Waals surface area contributed by atoms with Crippen LogP contribution in [0.5, 0.6) is 5.75 Å². The number of likely N-dealkylation sites (tertiary alicyclic amines) is 1. The first-order valence-electron chi connectivity index (χ1n) is 21.4. The summed E-state index contributed by atoms with van der Waals surface area (Å²) >= 11 is 0. The Balaban J connectivity index is 0.00000661. The van der Waals surface area contributed by atoms with E-state index in [0.29, 0.717) is 78.7 Å². The maximum Gasteiger partial charge on any atom is 0.411 e. The summed E-state index contributed by atoms with van der Waals surface area (Å²) in [5.41, 5.74) is 6.49. The number of ketones is 1. The van der Waals surface area contributed by atoms with Crippen molar-refractivity contribution in [3.05, 3.63) is 160 Å². The van der Waals surface area contributed by atoms with E-state index < -0.39 is 12.2 Å². The predicted octanol–water partition coefficient (Wildman–Crippen LogP) is 9.72. The van der Waals surface area contributed by atoms with Crippen LogP contribution in [0.15, 0.2) is 132 Å². The predicted molar refractivity (Wildman–Crippen MR) is 250 cm³/mol. The number of nitrogens with one attached hydrogen (secondary N) is 2. The summed E-state index contributed by atoms with van der Waals surface area (Å²) in [5, 5.41) is 24.8. The lowest BCUT2D eigenvalue weighted by atomic mass is 9.91. The summed E-state index contributed by atoms with van der Waals surface area (Å²) < 4.78 is 5.79. The van der Waals surface area contributed by atoms with Gasteiger partial charge in [0.1, 0.15) is 11.9 Å². The number of aromatic nitrogens is 1. The van der Waals surface area contributed by atoms with Crippen LogP contribution >= 0.6 is 0 Å². The Morgan fingerprint density at radius 1 is 0.857 bits per heavy atom. The highest BCUT2D eigenvalue weighted by Gasteiger charge is 2.24. The zero-order valence-corrected chi connectivity index (χ0v) is 35.3. The van der Waals surface area contributed by atoms with Crippen molar-refractivity contribution in [2.24, 2.45) is 5.92 Å². The van der Waals surface area contributed by atoms with Crippen molar-refractivity contribution in [2.45, 2.75) is 71.5 Å². The number of fused-ring (bicyclic) bond motifs is 1. The van der Waals surface area contributed by atoms with Gasteiger partial charge in [-0.05, 0) is 90.6 Å². The van der Waals surface area contributed by atoms with Gasteiger partial charge < -0.3 is 29.7 Å². The number of carbonyl (C=O) groups excluding carboxylic acids is 3. The van der Waals surface area contributed by atoms with Gasteiger partial charge in [0, 0.05) is 67.8 Å². The number of aliphatic hydroxyl groups excluding tert-OH is 1. The molecule has 63 heavy (non-hydrogen) atoms. The number of phenolic OH excluding ortho intramolecular Hbond substituents is 1. The summed E-state index contributed by atoms with van der Waals surface area (Å²) in [6, 6.07) is 39.0. The van der Waals surface area contributed by atoms with Gasteiger partial charge in [-0.2, -0.15) is 0 Å². The molecule has 0 bridgehead atoms. The first-order valence-corrected chi connectivity index (χ1v) is 21.4. The number of ether oxygens (including phenoxy) is 1. The molecule has 5 aromatic carbocycles. The number of aliphatic hydroxyl groups is 1. The first-order chi connectivity index (χ1) is 30.0. The number of Topliss-reactive ketones (excluding diaryl/α,β-unsaturated/α-hetero) is 1. The third-order valence-electron chi connectivity index (χ3n) is 11.8. The maximum atomic E-state index is 13.5. The number of benzene rings is 5. The molecule has 11 nitrogen and oxygen atoms in total. The van der Waals surface area contributed by atoms with Crippen LogP contribution < -0.4 is 15.8 Å². The van der Waals surface area contributed by atoms with E-state index in [9.17, 15) is 29.4 Å². The SMILES string of the molecule is C.C[C@H](CC[C@H](O)c1ccc(O)c2[nH]c(=O)ccc12)Cc1cccc(CC(=O)c2cccc(N(C)C(=O)CCN3CCC(OC(=O)Nc4ccccc4-c4ccccc4)CC3)c2)c1. The summed E-state index contributed by atoms with van der Waals surface area (Å²) in [6.07, 6.45) is 2.48. The number of rotatable bonds is 16. The van der Waals surface area contributed by atoms with Crippen LogP contribution in [-0.4, -0.2) is 70.7 Å². The van der Waals surface area contributed by atoms with Crippen LogP contribution in [0.2, 0.25) is 0 Å². The standard InChI is InChI=1S/C51H54N4O7.CH4/c1-34(18-21-45(56)42-19-22-46(57)50-43(42)20-23-48(59)53-50)30-35-10-8-11-36(31-35)32-47(58)38-14-9-15-39(33-38)54(2)49(60)26-29-55-27-24-40(25-28-55)62-51(61)52-44-17-7-6-16-41(44)37-12-4-3-5-13-37;/h3-17,19-20,22-23,31,33-34,40,45,56-57H,18,21,24-30,32H2,1-2H3,(H,52,61)(H,53,59);1H4/t34-,45+;/m1./s1. The number of pyridine rings is 1. The topological polar surface area (TPSA) is 152 Å². The molecule has 0 radical (unpaired) electrons. The molecule has 0 saturated carbocycles. The van der Waals surface area contributed by atoms with Crippen molar-refractivity contribution in [1.29, 1.82) is 0 Å². The number of nitrogens with zero attached hydrogens (tertiary/aromatic N) is 2. The molecule has 328 valence electrons. The van der Waals surface area contributed by atoms with Crippen molar-refractivity contribution >= 4 is 40.1 Å². The number of aromatic hydroxyl groups is 1. The largest absolute Gasteiger partial charge is 0.506 e. The van der Waals surface area contributed by atoms with Crippen molar-refractivity contribution in [2.75, 3.05) is 36.9 Å². The number of phenols is 1. The second-order valence-electron chi connectivity index (χ2n) is 16.3. The number of para-hydroxylation sites is 1. The zero-order valence-electron chi connectivity index (χ0n) is 35.3. The molecule has 0 unspecified atom stereocenters. The second-order valence-corrected chi connectivity index (χ2v) is 16.3. The lowest BCUT2D eigenvalue weighted by Gasteiger charge is -2.31.